The second-order valence-corrected chi connectivity index (χ2v) is 7.37. The molecule has 4 heteroatoms. The number of benzene rings is 2. The highest BCUT2D eigenvalue weighted by molar-refractivity contribution is 5.70. The van der Waals surface area contributed by atoms with Gasteiger partial charge < -0.3 is 19.3 Å². The Morgan fingerprint density at radius 3 is 2.10 bits per heavy atom. The van der Waals surface area contributed by atoms with E-state index in [2.05, 4.69) is 36.4 Å². The largest absolute Gasteiger partial charge is 0.494 e. The van der Waals surface area contributed by atoms with E-state index in [0.717, 1.165) is 74.4 Å². The van der Waals surface area contributed by atoms with Crippen LogP contribution in [0.25, 0.3) is 12.2 Å². The highest BCUT2D eigenvalue weighted by Crippen LogP contribution is 2.21. The van der Waals surface area contributed by atoms with Crippen molar-refractivity contribution in [2.24, 2.45) is 0 Å². The van der Waals surface area contributed by atoms with Crippen LogP contribution < -0.4 is 9.47 Å². The third-order valence-corrected chi connectivity index (χ3v) is 4.96. The first kappa shape index (κ1) is 21.4. The van der Waals surface area contributed by atoms with Crippen molar-refractivity contribution in [3.8, 4) is 11.5 Å². The maximum Gasteiger partial charge on any atom is 0.199 e. The van der Waals surface area contributed by atoms with E-state index in [9.17, 15) is 0 Å². The minimum atomic E-state index is -0.105. The quantitative estimate of drug-likeness (QED) is 0.391. The van der Waals surface area contributed by atoms with E-state index in [1.54, 1.807) is 0 Å². The van der Waals surface area contributed by atoms with Crippen molar-refractivity contribution < 1.29 is 19.3 Å². The molecule has 1 aliphatic heterocycles. The Balaban J connectivity index is 1.42. The van der Waals surface area contributed by atoms with E-state index >= 15 is 0 Å². The molecule has 1 heterocycles. The summed E-state index contributed by atoms with van der Waals surface area (Å²) in [6.45, 7) is 1.80. The van der Waals surface area contributed by atoms with Gasteiger partial charge in [-0.2, -0.15) is 0 Å². The van der Waals surface area contributed by atoms with Crippen LogP contribution in [-0.4, -0.2) is 31.2 Å². The van der Waals surface area contributed by atoms with E-state index in [1.165, 1.54) is 6.42 Å². The summed E-state index contributed by atoms with van der Waals surface area (Å²) < 4.78 is 17.3. The predicted octanol–water partition coefficient (Wildman–Crippen LogP) is 5.69. The van der Waals surface area contributed by atoms with Gasteiger partial charge in [-0.1, -0.05) is 42.8 Å². The van der Waals surface area contributed by atoms with Gasteiger partial charge in [-0.15, -0.1) is 0 Å². The van der Waals surface area contributed by atoms with Crippen LogP contribution in [0.5, 0.6) is 11.5 Å². The molecule has 0 radical (unpaired) electrons. The molecule has 2 aromatic carbocycles. The van der Waals surface area contributed by atoms with Gasteiger partial charge in [0.1, 0.15) is 11.5 Å². The molecule has 0 spiro atoms. The minimum Gasteiger partial charge on any atom is -0.494 e. The monoisotopic (exact) mass is 396 g/mol. The number of unbranched alkanes of at least 4 members (excludes halogenated alkanes) is 3. The van der Waals surface area contributed by atoms with Crippen LogP contribution in [0.3, 0.4) is 0 Å². The summed E-state index contributed by atoms with van der Waals surface area (Å²) in [5.74, 6) is 1.75. The van der Waals surface area contributed by atoms with Crippen LogP contribution in [0.2, 0.25) is 0 Å². The molecule has 0 aliphatic carbocycles. The molecular formula is C25H32O4. The van der Waals surface area contributed by atoms with E-state index in [4.69, 9.17) is 19.3 Å². The van der Waals surface area contributed by atoms with Crippen LogP contribution in [0.15, 0.2) is 48.5 Å². The molecule has 0 amide bonds. The summed E-state index contributed by atoms with van der Waals surface area (Å²) >= 11 is 0. The van der Waals surface area contributed by atoms with Crippen molar-refractivity contribution >= 4 is 12.2 Å². The molecule has 0 saturated carbocycles. The molecule has 0 aromatic heterocycles. The molecule has 1 aliphatic rings. The zero-order chi connectivity index (χ0) is 20.2. The van der Waals surface area contributed by atoms with Crippen LogP contribution in [-0.2, 0) is 4.74 Å². The Hall–Kier alpha value is -2.30. The zero-order valence-corrected chi connectivity index (χ0v) is 17.1. The van der Waals surface area contributed by atoms with Crippen LogP contribution >= 0.6 is 0 Å². The highest BCUT2D eigenvalue weighted by Gasteiger charge is 2.14. The summed E-state index contributed by atoms with van der Waals surface area (Å²) in [6.07, 6.45) is 11.4. The lowest BCUT2D eigenvalue weighted by Crippen LogP contribution is -2.24. The van der Waals surface area contributed by atoms with Gasteiger partial charge in [-0.3, -0.25) is 0 Å². The molecular weight excluding hydrogens is 364 g/mol. The van der Waals surface area contributed by atoms with Gasteiger partial charge in [0.2, 0.25) is 0 Å². The lowest BCUT2D eigenvalue weighted by atomic mass is 10.1. The van der Waals surface area contributed by atoms with Crippen molar-refractivity contribution in [2.75, 3.05) is 19.8 Å². The van der Waals surface area contributed by atoms with E-state index in [0.29, 0.717) is 0 Å². The lowest BCUT2D eigenvalue weighted by molar-refractivity contribution is -0.105. The maximum absolute atomic E-state index is 8.77. The van der Waals surface area contributed by atoms with Crippen molar-refractivity contribution in [1.82, 2.24) is 0 Å². The van der Waals surface area contributed by atoms with Crippen LogP contribution in [0, 0.1) is 0 Å². The normalized spacial score (nSPS) is 16.8. The summed E-state index contributed by atoms with van der Waals surface area (Å²) in [6, 6.07) is 16.3. The van der Waals surface area contributed by atoms with Gasteiger partial charge in [0.25, 0.3) is 0 Å². The molecule has 1 unspecified atom stereocenters. The first-order valence-electron chi connectivity index (χ1n) is 10.7. The molecule has 1 fully saturated rings. The average molecular weight is 397 g/mol. The molecule has 0 bridgehead atoms. The molecule has 1 atom stereocenters. The van der Waals surface area contributed by atoms with Gasteiger partial charge >= 0.3 is 0 Å². The Kier molecular flexibility index (Phi) is 9.08. The first-order valence-corrected chi connectivity index (χ1v) is 10.7. The van der Waals surface area contributed by atoms with E-state index < -0.39 is 0 Å². The number of hydrogen-bond acceptors (Lipinski definition) is 4. The molecule has 1 saturated heterocycles. The predicted molar refractivity (Wildman–Crippen MR) is 117 cm³/mol. The first-order chi connectivity index (χ1) is 14.3. The standard InChI is InChI=1S/C25H32O4/c26-18-4-1-2-5-19-27-23-14-10-21(11-15-23)8-9-22-12-16-24(17-13-22)29-25-7-3-6-20-28-25/h8-17,25-26H,1-7,18-20H2. The van der Waals surface area contributed by atoms with Crippen molar-refractivity contribution in [2.45, 2.75) is 51.2 Å². The van der Waals surface area contributed by atoms with E-state index in [-0.39, 0.29) is 12.9 Å². The molecule has 2 aromatic rings. The zero-order valence-electron chi connectivity index (χ0n) is 17.1. The summed E-state index contributed by atoms with van der Waals surface area (Å²) in [4.78, 5) is 0. The van der Waals surface area contributed by atoms with Gasteiger partial charge in [0.15, 0.2) is 6.29 Å². The Bertz CT molecular complexity index is 715. The van der Waals surface area contributed by atoms with Gasteiger partial charge in [0.05, 0.1) is 13.2 Å². The van der Waals surface area contributed by atoms with Gasteiger partial charge in [0, 0.05) is 13.0 Å². The topological polar surface area (TPSA) is 47.9 Å². The number of hydrogen-bond donors (Lipinski definition) is 1. The minimum absolute atomic E-state index is 0.105. The number of ether oxygens (including phenoxy) is 3. The number of aliphatic hydroxyl groups is 1. The van der Waals surface area contributed by atoms with Gasteiger partial charge in [-0.25, -0.2) is 0 Å². The van der Waals surface area contributed by atoms with Crippen molar-refractivity contribution in [1.29, 1.82) is 0 Å². The van der Waals surface area contributed by atoms with Gasteiger partial charge in [-0.05, 0) is 67.5 Å². The second-order valence-electron chi connectivity index (χ2n) is 7.37. The fourth-order valence-electron chi connectivity index (χ4n) is 3.24. The second kappa shape index (κ2) is 12.3. The average Bonchev–Trinajstić information content (AvgIpc) is 2.77. The number of rotatable bonds is 11. The fraction of sp³-hybridized carbons (Fsp3) is 0.440. The third-order valence-electron chi connectivity index (χ3n) is 4.96. The maximum atomic E-state index is 8.77. The van der Waals surface area contributed by atoms with E-state index in [1.807, 2.05) is 24.3 Å². The molecule has 4 nitrogen and oxygen atoms in total. The van der Waals surface area contributed by atoms with Crippen molar-refractivity contribution in [3.63, 3.8) is 0 Å². The molecule has 29 heavy (non-hydrogen) atoms. The summed E-state index contributed by atoms with van der Waals surface area (Å²) in [5, 5.41) is 8.77. The molecule has 156 valence electrons. The smallest absolute Gasteiger partial charge is 0.199 e. The Morgan fingerprint density at radius 1 is 0.828 bits per heavy atom. The highest BCUT2D eigenvalue weighted by atomic mass is 16.7. The van der Waals surface area contributed by atoms with Crippen LogP contribution in [0.1, 0.15) is 56.1 Å². The third kappa shape index (κ3) is 7.92. The molecule has 3 rings (SSSR count). The van der Waals surface area contributed by atoms with Crippen LogP contribution in [0.4, 0.5) is 0 Å². The fourth-order valence-corrected chi connectivity index (χ4v) is 3.24. The summed E-state index contributed by atoms with van der Waals surface area (Å²) in [5.41, 5.74) is 2.27. The SMILES string of the molecule is OCCCCCCOc1ccc(C=Cc2ccc(OC3CCCCO3)cc2)cc1. The lowest BCUT2D eigenvalue weighted by Gasteiger charge is -2.23. The Morgan fingerprint density at radius 2 is 1.48 bits per heavy atom. The van der Waals surface area contributed by atoms with Crippen molar-refractivity contribution in [3.05, 3.63) is 59.7 Å². The molecule has 1 N–H and O–H groups in total. The number of aliphatic hydroxyl groups excluding tert-OH is 1. The Labute approximate surface area is 174 Å². The summed E-state index contributed by atoms with van der Waals surface area (Å²) in [7, 11) is 0.